The Balaban J connectivity index is 2.29. The molecule has 84 valence electrons. The van der Waals surface area contributed by atoms with Crippen LogP contribution >= 0.6 is 0 Å². The third kappa shape index (κ3) is 1.65. The highest BCUT2D eigenvalue weighted by atomic mass is 16.3. The highest BCUT2D eigenvalue weighted by Crippen LogP contribution is 2.50. The largest absolute Gasteiger partial charge is 0.392 e. The maximum absolute atomic E-state index is 11.8. The number of hydrogen-bond donors (Lipinski definition) is 1. The minimum atomic E-state index is -0.407. The molecule has 4 atom stereocenters. The second kappa shape index (κ2) is 3.75. The zero-order valence-electron chi connectivity index (χ0n) is 9.41. The molecule has 2 aliphatic carbocycles. The van der Waals surface area contributed by atoms with Crippen molar-refractivity contribution in [3.8, 4) is 0 Å². The molecule has 0 radical (unpaired) electrons. The van der Waals surface area contributed by atoms with Crippen LogP contribution in [-0.4, -0.2) is 17.0 Å². The second-order valence-corrected chi connectivity index (χ2v) is 5.31. The van der Waals surface area contributed by atoms with E-state index in [1.54, 1.807) is 0 Å². The number of aliphatic hydroxyl groups excluding tert-OH is 1. The van der Waals surface area contributed by atoms with E-state index in [0.29, 0.717) is 12.3 Å². The lowest BCUT2D eigenvalue weighted by Crippen LogP contribution is -2.48. The van der Waals surface area contributed by atoms with Gasteiger partial charge in [0.05, 0.1) is 6.10 Å². The SMILES string of the molecule is C=C[C@@]1(C)CC[C@H](O)[C@H]2C(=O)CCC[C@@H]21. The van der Waals surface area contributed by atoms with Crippen LogP contribution in [0.1, 0.15) is 39.0 Å². The standard InChI is InChI=1S/C13H20O2/c1-3-13(2)8-7-11(15)12-9(13)5-4-6-10(12)14/h3,9,11-12,15H,1,4-8H2,2H3/t9-,11-,12+,13-/m0/s1. The number of Topliss-reactive ketones (excluding diaryl/α,β-unsaturated/α-hetero) is 1. The number of rotatable bonds is 1. The molecular weight excluding hydrogens is 188 g/mol. The van der Waals surface area contributed by atoms with Gasteiger partial charge in [-0.15, -0.1) is 6.58 Å². The van der Waals surface area contributed by atoms with Gasteiger partial charge in [-0.1, -0.05) is 13.0 Å². The average molecular weight is 208 g/mol. The fourth-order valence-corrected chi connectivity index (χ4v) is 3.37. The molecule has 0 aromatic heterocycles. The highest BCUT2D eigenvalue weighted by molar-refractivity contribution is 5.82. The Hall–Kier alpha value is -0.630. The summed E-state index contributed by atoms with van der Waals surface area (Å²) < 4.78 is 0. The van der Waals surface area contributed by atoms with Crippen LogP contribution in [0.5, 0.6) is 0 Å². The van der Waals surface area contributed by atoms with Crippen LogP contribution in [0.15, 0.2) is 12.7 Å². The molecule has 15 heavy (non-hydrogen) atoms. The average Bonchev–Trinajstić information content (AvgIpc) is 2.24. The zero-order chi connectivity index (χ0) is 11.1. The summed E-state index contributed by atoms with van der Waals surface area (Å²) in [6.07, 6.45) is 6.00. The van der Waals surface area contributed by atoms with Crippen molar-refractivity contribution in [2.45, 2.75) is 45.1 Å². The number of aliphatic hydroxyl groups is 1. The van der Waals surface area contributed by atoms with E-state index in [1.165, 1.54) is 0 Å². The van der Waals surface area contributed by atoms with Crippen molar-refractivity contribution in [3.63, 3.8) is 0 Å². The first kappa shape index (κ1) is 10.9. The van der Waals surface area contributed by atoms with E-state index in [-0.39, 0.29) is 17.1 Å². The molecule has 0 heterocycles. The number of carbonyl (C=O) groups is 1. The smallest absolute Gasteiger partial charge is 0.138 e. The summed E-state index contributed by atoms with van der Waals surface area (Å²) in [5.74, 6) is 0.474. The van der Waals surface area contributed by atoms with E-state index in [2.05, 4.69) is 13.5 Å². The van der Waals surface area contributed by atoms with E-state index in [4.69, 9.17) is 0 Å². The van der Waals surface area contributed by atoms with Crippen LogP contribution in [-0.2, 0) is 4.79 Å². The van der Waals surface area contributed by atoms with E-state index >= 15 is 0 Å². The van der Waals surface area contributed by atoms with Crippen molar-refractivity contribution in [1.29, 1.82) is 0 Å². The van der Waals surface area contributed by atoms with Crippen LogP contribution in [0, 0.1) is 17.3 Å². The third-order valence-electron chi connectivity index (χ3n) is 4.45. The maximum Gasteiger partial charge on any atom is 0.138 e. The predicted molar refractivity (Wildman–Crippen MR) is 59.4 cm³/mol. The molecule has 0 aromatic carbocycles. The van der Waals surface area contributed by atoms with Gasteiger partial charge in [-0.3, -0.25) is 4.79 Å². The van der Waals surface area contributed by atoms with Crippen LogP contribution in [0.4, 0.5) is 0 Å². The Labute approximate surface area is 91.4 Å². The number of allylic oxidation sites excluding steroid dienone is 1. The third-order valence-corrected chi connectivity index (χ3v) is 4.45. The Morgan fingerprint density at radius 3 is 2.93 bits per heavy atom. The van der Waals surface area contributed by atoms with Gasteiger partial charge in [-0.05, 0) is 37.0 Å². The van der Waals surface area contributed by atoms with Crippen LogP contribution in [0.2, 0.25) is 0 Å². The molecule has 2 aliphatic rings. The lowest BCUT2D eigenvalue weighted by Gasteiger charge is -2.48. The zero-order valence-corrected chi connectivity index (χ0v) is 9.41. The normalized spacial score (nSPS) is 46.0. The molecule has 0 aliphatic heterocycles. The first-order valence-corrected chi connectivity index (χ1v) is 5.93. The van der Waals surface area contributed by atoms with Crippen molar-refractivity contribution < 1.29 is 9.90 Å². The van der Waals surface area contributed by atoms with E-state index in [0.717, 1.165) is 25.7 Å². The summed E-state index contributed by atoms with van der Waals surface area (Å²) in [6.45, 7) is 6.09. The van der Waals surface area contributed by atoms with Gasteiger partial charge in [0.25, 0.3) is 0 Å². The predicted octanol–water partition coefficient (Wildman–Crippen LogP) is 2.32. The summed E-state index contributed by atoms with van der Waals surface area (Å²) in [5.41, 5.74) is 0.0555. The molecule has 2 nitrogen and oxygen atoms in total. The van der Waals surface area contributed by atoms with Gasteiger partial charge in [0, 0.05) is 12.3 Å². The highest BCUT2D eigenvalue weighted by Gasteiger charge is 2.48. The second-order valence-electron chi connectivity index (χ2n) is 5.31. The van der Waals surface area contributed by atoms with Gasteiger partial charge < -0.3 is 5.11 Å². The number of carbonyl (C=O) groups excluding carboxylic acids is 1. The van der Waals surface area contributed by atoms with Crippen LogP contribution < -0.4 is 0 Å². The van der Waals surface area contributed by atoms with Gasteiger partial charge >= 0.3 is 0 Å². The lowest BCUT2D eigenvalue weighted by molar-refractivity contribution is -0.139. The quantitative estimate of drug-likeness (QED) is 0.671. The monoisotopic (exact) mass is 208 g/mol. The molecule has 0 spiro atoms. The van der Waals surface area contributed by atoms with Gasteiger partial charge in [0.2, 0.25) is 0 Å². The van der Waals surface area contributed by atoms with Gasteiger partial charge in [-0.2, -0.15) is 0 Å². The molecule has 0 aromatic rings. The van der Waals surface area contributed by atoms with Gasteiger partial charge in [0.15, 0.2) is 0 Å². The first-order chi connectivity index (χ1) is 7.08. The molecular formula is C13H20O2. The summed E-state index contributed by atoms with van der Waals surface area (Å²) in [7, 11) is 0. The van der Waals surface area contributed by atoms with E-state index < -0.39 is 6.10 Å². The molecule has 0 unspecified atom stereocenters. The van der Waals surface area contributed by atoms with Crippen LogP contribution in [0.25, 0.3) is 0 Å². The number of ketones is 1. The molecule has 0 bridgehead atoms. The Kier molecular flexibility index (Phi) is 2.72. The minimum Gasteiger partial charge on any atom is -0.392 e. The minimum absolute atomic E-state index is 0.0555. The fourth-order valence-electron chi connectivity index (χ4n) is 3.37. The van der Waals surface area contributed by atoms with Crippen molar-refractivity contribution >= 4 is 5.78 Å². The van der Waals surface area contributed by atoms with Crippen molar-refractivity contribution in [1.82, 2.24) is 0 Å². The molecule has 0 amide bonds. The van der Waals surface area contributed by atoms with Crippen molar-refractivity contribution in [2.24, 2.45) is 17.3 Å². The molecule has 2 heteroatoms. The number of fused-ring (bicyclic) bond motifs is 1. The Morgan fingerprint density at radius 2 is 2.27 bits per heavy atom. The topological polar surface area (TPSA) is 37.3 Å². The summed E-state index contributed by atoms with van der Waals surface area (Å²) in [6, 6.07) is 0. The molecule has 0 saturated heterocycles. The fraction of sp³-hybridized carbons (Fsp3) is 0.769. The summed E-state index contributed by atoms with van der Waals surface area (Å²) in [4.78, 5) is 11.8. The Bertz CT molecular complexity index is 284. The van der Waals surface area contributed by atoms with Crippen molar-refractivity contribution in [3.05, 3.63) is 12.7 Å². The Morgan fingerprint density at radius 1 is 1.53 bits per heavy atom. The molecule has 2 saturated carbocycles. The first-order valence-electron chi connectivity index (χ1n) is 5.93. The van der Waals surface area contributed by atoms with E-state index in [1.807, 2.05) is 6.08 Å². The van der Waals surface area contributed by atoms with Gasteiger partial charge in [0.1, 0.15) is 5.78 Å². The lowest BCUT2D eigenvalue weighted by atomic mass is 9.57. The molecule has 2 rings (SSSR count). The maximum atomic E-state index is 11.8. The number of hydrogen-bond acceptors (Lipinski definition) is 2. The van der Waals surface area contributed by atoms with E-state index in [9.17, 15) is 9.90 Å². The van der Waals surface area contributed by atoms with Crippen molar-refractivity contribution in [2.75, 3.05) is 0 Å². The molecule has 1 N–H and O–H groups in total. The van der Waals surface area contributed by atoms with Gasteiger partial charge in [-0.25, -0.2) is 0 Å². The summed E-state index contributed by atoms with van der Waals surface area (Å²) >= 11 is 0. The molecule has 2 fully saturated rings. The summed E-state index contributed by atoms with van der Waals surface area (Å²) in [5, 5.41) is 9.95. The van der Waals surface area contributed by atoms with Crippen LogP contribution in [0.3, 0.4) is 0 Å².